The second-order valence-corrected chi connectivity index (χ2v) is 3.86. The minimum Gasteiger partial charge on any atom is -0.264 e. The molecule has 2 aromatic heterocycles. The molecule has 0 unspecified atom stereocenters. The fourth-order valence-corrected chi connectivity index (χ4v) is 1.92. The minimum atomic E-state index is 0.432. The molecule has 2 heterocycles. The molecule has 3 aromatic rings. The van der Waals surface area contributed by atoms with E-state index in [2.05, 4.69) is 10.1 Å². The highest BCUT2D eigenvalue weighted by atomic mass is 19.2. The van der Waals surface area contributed by atoms with E-state index in [0.717, 1.165) is 16.6 Å². The average Bonchev–Trinajstić information content (AvgIpc) is 2.69. The largest absolute Gasteiger partial charge is 0.264 e. The van der Waals surface area contributed by atoms with Gasteiger partial charge in [-0.05, 0) is 17.7 Å². The van der Waals surface area contributed by atoms with E-state index < -0.39 is 0 Å². The number of aromatic nitrogens is 3. The van der Waals surface area contributed by atoms with Crippen LogP contribution in [0.3, 0.4) is 0 Å². The van der Waals surface area contributed by atoms with Gasteiger partial charge in [-0.25, -0.2) is 0 Å². The molecule has 3 nitrogen and oxygen atoms in total. The fraction of sp³-hybridized carbons (Fsp3) is 0.0769. The number of rotatable bonds is 2. The highest BCUT2D eigenvalue weighted by Gasteiger charge is 2.09. The molecule has 0 radical (unpaired) electrons. The third-order valence-electron chi connectivity index (χ3n) is 2.72. The number of hydrogen-bond donors (Lipinski definition) is 0. The van der Waals surface area contributed by atoms with Gasteiger partial charge in [0.25, 0.3) is 0 Å². The Balaban J connectivity index is 2.07. The number of hydrogen-bond acceptors (Lipinski definition) is 2. The highest BCUT2D eigenvalue weighted by molar-refractivity contribution is 5.81. The summed E-state index contributed by atoms with van der Waals surface area (Å²) in [4.78, 5) is 4.47. The van der Waals surface area contributed by atoms with Gasteiger partial charge in [0.05, 0.1) is 5.69 Å². The first-order chi connectivity index (χ1) is 8.34. The van der Waals surface area contributed by atoms with E-state index in [-0.39, 0.29) is 0 Å². The second-order valence-electron chi connectivity index (χ2n) is 3.86. The van der Waals surface area contributed by atoms with Gasteiger partial charge in [0.1, 0.15) is 5.52 Å². The van der Waals surface area contributed by atoms with Gasteiger partial charge in [-0.15, -0.1) is 5.10 Å². The summed E-state index contributed by atoms with van der Waals surface area (Å²) in [5.41, 5.74) is 2.26. The molecule has 0 aliphatic carbocycles. The molecular weight excluding hydrogens is 217 g/mol. The number of fused-ring (bicyclic) bond motifs is 1. The van der Waals surface area contributed by atoms with Crippen LogP contribution in [0, 0.1) is 0 Å². The van der Waals surface area contributed by atoms with Crippen LogP contribution in [0.25, 0.3) is 10.9 Å². The molecule has 0 saturated carbocycles. The van der Waals surface area contributed by atoms with Crippen molar-refractivity contribution < 1.29 is 4.48 Å². The van der Waals surface area contributed by atoms with Crippen LogP contribution in [0.5, 0.6) is 0 Å². The van der Waals surface area contributed by atoms with E-state index in [1.165, 1.54) is 0 Å². The Morgan fingerprint density at radius 1 is 1.12 bits per heavy atom. The molecule has 17 heavy (non-hydrogen) atoms. The molecule has 0 fully saturated rings. The zero-order valence-electron chi connectivity index (χ0n) is 9.05. The zero-order valence-corrected chi connectivity index (χ0v) is 9.05. The third kappa shape index (κ3) is 1.78. The SMILES string of the molecule is Fn1nc(Cc2cccnc2)c2ccccc21. The van der Waals surface area contributed by atoms with E-state index in [1.54, 1.807) is 24.5 Å². The standard InChI is InChI=1S/C13H10FN3/c14-17-13-6-2-1-5-11(13)12(16-17)8-10-4-3-7-15-9-10/h1-7,9H,8H2. The Hall–Kier alpha value is -2.23. The van der Waals surface area contributed by atoms with E-state index in [1.807, 2.05) is 24.3 Å². The maximum absolute atomic E-state index is 13.5. The van der Waals surface area contributed by atoms with Crippen molar-refractivity contribution >= 4 is 10.9 Å². The van der Waals surface area contributed by atoms with Gasteiger partial charge in [-0.1, -0.05) is 33.7 Å². The van der Waals surface area contributed by atoms with Crippen LogP contribution < -0.4 is 0 Å². The summed E-state index contributed by atoms with van der Waals surface area (Å²) < 4.78 is 13.5. The normalized spacial score (nSPS) is 10.9. The van der Waals surface area contributed by atoms with Crippen LogP contribution in [-0.2, 0) is 6.42 Å². The summed E-state index contributed by atoms with van der Waals surface area (Å²) in [6, 6.07) is 11.1. The highest BCUT2D eigenvalue weighted by Crippen LogP contribution is 2.20. The molecule has 0 aliphatic rings. The predicted molar refractivity (Wildman–Crippen MR) is 63.3 cm³/mol. The molecule has 3 rings (SSSR count). The summed E-state index contributed by atoms with van der Waals surface area (Å²) in [7, 11) is 0. The Kier molecular flexibility index (Phi) is 2.33. The molecule has 0 N–H and O–H groups in total. The van der Waals surface area contributed by atoms with Crippen LogP contribution >= 0.6 is 0 Å². The number of para-hydroxylation sites is 1. The van der Waals surface area contributed by atoms with Crippen molar-refractivity contribution in [2.75, 3.05) is 0 Å². The first-order valence-electron chi connectivity index (χ1n) is 5.36. The van der Waals surface area contributed by atoms with Crippen molar-refractivity contribution in [2.24, 2.45) is 0 Å². The lowest BCUT2D eigenvalue weighted by Gasteiger charge is -1.96. The lowest BCUT2D eigenvalue weighted by atomic mass is 10.1. The lowest BCUT2D eigenvalue weighted by molar-refractivity contribution is 0.330. The van der Waals surface area contributed by atoms with Crippen LogP contribution in [0.4, 0.5) is 4.48 Å². The Morgan fingerprint density at radius 2 is 2.00 bits per heavy atom. The third-order valence-corrected chi connectivity index (χ3v) is 2.72. The number of benzene rings is 1. The minimum absolute atomic E-state index is 0.432. The average molecular weight is 227 g/mol. The summed E-state index contributed by atoms with van der Waals surface area (Å²) in [6.07, 6.45) is 4.08. The molecule has 0 aliphatic heterocycles. The molecule has 84 valence electrons. The smallest absolute Gasteiger partial charge is 0.104 e. The van der Waals surface area contributed by atoms with Gasteiger partial charge in [-0.3, -0.25) is 4.98 Å². The monoisotopic (exact) mass is 227 g/mol. The quantitative estimate of drug-likeness (QED) is 0.674. The van der Waals surface area contributed by atoms with E-state index in [9.17, 15) is 4.48 Å². The molecular formula is C13H10FN3. The molecule has 0 spiro atoms. The first kappa shape index (κ1) is 9.96. The Bertz CT molecular complexity index is 646. The maximum Gasteiger partial charge on any atom is 0.104 e. The summed E-state index contributed by atoms with van der Waals surface area (Å²) in [6.45, 7) is 0. The predicted octanol–water partition coefficient (Wildman–Crippen LogP) is 2.75. The first-order valence-corrected chi connectivity index (χ1v) is 5.36. The van der Waals surface area contributed by atoms with E-state index in [4.69, 9.17) is 0 Å². The van der Waals surface area contributed by atoms with Crippen LogP contribution in [0.2, 0.25) is 0 Å². The lowest BCUT2D eigenvalue weighted by Crippen LogP contribution is -1.91. The van der Waals surface area contributed by atoms with Gasteiger partial charge in [0.15, 0.2) is 0 Å². The number of pyridine rings is 1. The van der Waals surface area contributed by atoms with Crippen molar-refractivity contribution in [1.29, 1.82) is 0 Å². The topological polar surface area (TPSA) is 30.7 Å². The number of halogens is 1. The van der Waals surface area contributed by atoms with Crippen molar-refractivity contribution in [2.45, 2.75) is 6.42 Å². The fourth-order valence-electron chi connectivity index (χ4n) is 1.92. The van der Waals surface area contributed by atoms with E-state index >= 15 is 0 Å². The van der Waals surface area contributed by atoms with Crippen LogP contribution in [0.1, 0.15) is 11.3 Å². The van der Waals surface area contributed by atoms with Gasteiger partial charge in [-0.2, -0.15) is 0 Å². The van der Waals surface area contributed by atoms with Gasteiger partial charge < -0.3 is 0 Å². The summed E-state index contributed by atoms with van der Waals surface area (Å²) >= 11 is 0. The Morgan fingerprint density at radius 3 is 2.82 bits per heavy atom. The van der Waals surface area contributed by atoms with E-state index in [0.29, 0.717) is 16.8 Å². The second kappa shape index (κ2) is 3.97. The zero-order chi connectivity index (χ0) is 11.7. The van der Waals surface area contributed by atoms with Gasteiger partial charge in [0, 0.05) is 24.2 Å². The van der Waals surface area contributed by atoms with Crippen molar-refractivity contribution in [3.63, 3.8) is 0 Å². The van der Waals surface area contributed by atoms with Crippen molar-refractivity contribution in [3.05, 3.63) is 60.0 Å². The maximum atomic E-state index is 13.5. The van der Waals surface area contributed by atoms with Gasteiger partial charge in [0.2, 0.25) is 0 Å². The molecule has 0 saturated heterocycles. The summed E-state index contributed by atoms with van der Waals surface area (Å²) in [5, 5.41) is 4.75. The summed E-state index contributed by atoms with van der Waals surface area (Å²) in [5.74, 6) is 0. The molecule has 4 heteroatoms. The molecule has 0 amide bonds. The molecule has 0 atom stereocenters. The van der Waals surface area contributed by atoms with Crippen molar-refractivity contribution in [3.8, 4) is 0 Å². The Labute approximate surface area is 97.5 Å². The van der Waals surface area contributed by atoms with Crippen LogP contribution in [0.15, 0.2) is 48.8 Å². The molecule has 1 aromatic carbocycles. The number of nitrogens with zero attached hydrogens (tertiary/aromatic N) is 3. The van der Waals surface area contributed by atoms with Crippen LogP contribution in [-0.4, -0.2) is 15.0 Å². The van der Waals surface area contributed by atoms with Gasteiger partial charge >= 0.3 is 0 Å². The molecule has 0 bridgehead atoms. The van der Waals surface area contributed by atoms with Crippen molar-refractivity contribution in [1.82, 2.24) is 15.0 Å².